The summed E-state index contributed by atoms with van der Waals surface area (Å²) in [5.41, 5.74) is 1.94. The van der Waals surface area contributed by atoms with E-state index in [4.69, 9.17) is 0 Å². The zero-order valence-electron chi connectivity index (χ0n) is 13.8. The molecule has 1 amide bonds. The number of aromatic nitrogens is 4. The van der Waals surface area contributed by atoms with Crippen LogP contribution < -0.4 is 0 Å². The van der Waals surface area contributed by atoms with E-state index in [0.717, 1.165) is 47.3 Å². The lowest BCUT2D eigenvalue weighted by Gasteiger charge is -2.31. The summed E-state index contributed by atoms with van der Waals surface area (Å²) in [5.74, 6) is 1.35. The Hall–Kier alpha value is -2.28. The number of carbonyl (C=O) groups is 1. The van der Waals surface area contributed by atoms with Gasteiger partial charge in [0.1, 0.15) is 5.01 Å². The molecule has 1 aliphatic rings. The Morgan fingerprint density at radius 2 is 1.83 bits per heavy atom. The molecule has 0 saturated carbocycles. The molecule has 0 radical (unpaired) electrons. The van der Waals surface area contributed by atoms with E-state index in [2.05, 4.69) is 15.3 Å². The number of piperidine rings is 1. The first kappa shape index (κ1) is 15.3. The molecule has 2 aromatic heterocycles. The SMILES string of the molecule is Cc1ccc(C(=O)N2CCC(c3nn4c(C)nnc4s3)CC2)cc1. The third-order valence-corrected chi connectivity index (χ3v) is 5.65. The molecular weight excluding hydrogens is 322 g/mol. The summed E-state index contributed by atoms with van der Waals surface area (Å²) < 4.78 is 1.81. The Kier molecular flexibility index (Phi) is 3.80. The van der Waals surface area contributed by atoms with Crippen molar-refractivity contribution in [3.63, 3.8) is 0 Å². The van der Waals surface area contributed by atoms with Crippen LogP contribution in [0.1, 0.15) is 45.5 Å². The molecule has 6 nitrogen and oxygen atoms in total. The van der Waals surface area contributed by atoms with E-state index in [-0.39, 0.29) is 5.91 Å². The average molecular weight is 341 g/mol. The van der Waals surface area contributed by atoms with Crippen LogP contribution >= 0.6 is 11.3 Å². The van der Waals surface area contributed by atoms with Crippen molar-refractivity contribution in [2.24, 2.45) is 0 Å². The van der Waals surface area contributed by atoms with Crippen LogP contribution in [0.2, 0.25) is 0 Å². The van der Waals surface area contributed by atoms with E-state index in [1.165, 1.54) is 5.56 Å². The second-order valence-electron chi connectivity index (χ2n) is 6.31. The van der Waals surface area contributed by atoms with Gasteiger partial charge in [0.15, 0.2) is 5.82 Å². The first-order valence-electron chi connectivity index (χ1n) is 8.16. The minimum atomic E-state index is 0.127. The molecule has 7 heteroatoms. The Labute approximate surface area is 144 Å². The summed E-state index contributed by atoms with van der Waals surface area (Å²) in [7, 11) is 0. The third-order valence-electron chi connectivity index (χ3n) is 4.59. The number of aryl methyl sites for hydroxylation is 2. The van der Waals surface area contributed by atoms with Gasteiger partial charge in [-0.3, -0.25) is 4.79 Å². The van der Waals surface area contributed by atoms with Crippen LogP contribution in [0, 0.1) is 13.8 Å². The maximum Gasteiger partial charge on any atom is 0.253 e. The van der Waals surface area contributed by atoms with Crippen LogP contribution in [-0.2, 0) is 0 Å². The molecule has 124 valence electrons. The van der Waals surface area contributed by atoms with E-state index >= 15 is 0 Å². The number of benzene rings is 1. The lowest BCUT2D eigenvalue weighted by molar-refractivity contribution is 0.0713. The molecule has 4 rings (SSSR count). The number of hydrogen-bond acceptors (Lipinski definition) is 5. The van der Waals surface area contributed by atoms with Crippen LogP contribution in [0.3, 0.4) is 0 Å². The van der Waals surface area contributed by atoms with E-state index in [9.17, 15) is 4.79 Å². The van der Waals surface area contributed by atoms with E-state index < -0.39 is 0 Å². The highest BCUT2D eigenvalue weighted by Crippen LogP contribution is 2.31. The van der Waals surface area contributed by atoms with Crippen molar-refractivity contribution in [3.05, 3.63) is 46.2 Å². The zero-order valence-corrected chi connectivity index (χ0v) is 14.6. The molecule has 0 bridgehead atoms. The molecule has 1 aliphatic heterocycles. The molecule has 3 aromatic rings. The molecule has 1 aromatic carbocycles. The van der Waals surface area contributed by atoms with E-state index in [1.54, 1.807) is 11.3 Å². The molecule has 1 saturated heterocycles. The van der Waals surface area contributed by atoms with Crippen molar-refractivity contribution in [2.75, 3.05) is 13.1 Å². The second kappa shape index (κ2) is 5.98. The molecule has 24 heavy (non-hydrogen) atoms. The van der Waals surface area contributed by atoms with Crippen molar-refractivity contribution < 1.29 is 4.79 Å². The number of rotatable bonds is 2. The smallest absolute Gasteiger partial charge is 0.253 e. The van der Waals surface area contributed by atoms with Crippen LogP contribution in [0.25, 0.3) is 4.96 Å². The van der Waals surface area contributed by atoms with Crippen LogP contribution in [0.5, 0.6) is 0 Å². The van der Waals surface area contributed by atoms with Crippen molar-refractivity contribution >= 4 is 22.2 Å². The molecule has 0 unspecified atom stereocenters. The minimum Gasteiger partial charge on any atom is -0.339 e. The molecule has 0 atom stereocenters. The maximum absolute atomic E-state index is 12.6. The maximum atomic E-state index is 12.6. The van der Waals surface area contributed by atoms with Crippen molar-refractivity contribution in [1.29, 1.82) is 0 Å². The van der Waals surface area contributed by atoms with Crippen molar-refractivity contribution in [1.82, 2.24) is 24.7 Å². The molecule has 0 aliphatic carbocycles. The number of nitrogens with zero attached hydrogens (tertiary/aromatic N) is 5. The topological polar surface area (TPSA) is 63.4 Å². The molecule has 1 fully saturated rings. The highest BCUT2D eigenvalue weighted by Gasteiger charge is 2.27. The predicted molar refractivity (Wildman–Crippen MR) is 92.5 cm³/mol. The Morgan fingerprint density at radius 3 is 2.50 bits per heavy atom. The fourth-order valence-corrected chi connectivity index (χ4v) is 4.16. The van der Waals surface area contributed by atoms with E-state index in [0.29, 0.717) is 5.92 Å². The van der Waals surface area contributed by atoms with Gasteiger partial charge in [-0.1, -0.05) is 29.0 Å². The second-order valence-corrected chi connectivity index (χ2v) is 7.30. The highest BCUT2D eigenvalue weighted by atomic mass is 32.1. The molecule has 0 N–H and O–H groups in total. The molecule has 0 spiro atoms. The zero-order chi connectivity index (χ0) is 16.7. The van der Waals surface area contributed by atoms with Crippen LogP contribution in [-0.4, -0.2) is 43.7 Å². The van der Waals surface area contributed by atoms with Gasteiger partial charge in [-0.25, -0.2) is 0 Å². The number of amides is 1. The summed E-state index contributed by atoms with van der Waals surface area (Å²) in [6, 6.07) is 7.80. The van der Waals surface area contributed by atoms with Crippen molar-refractivity contribution in [3.8, 4) is 0 Å². The first-order valence-corrected chi connectivity index (χ1v) is 8.98. The summed E-state index contributed by atoms with van der Waals surface area (Å²) in [6.45, 7) is 5.49. The van der Waals surface area contributed by atoms with Gasteiger partial charge in [0.25, 0.3) is 5.91 Å². The van der Waals surface area contributed by atoms with Gasteiger partial charge in [0.05, 0.1) is 0 Å². The number of likely N-dealkylation sites (tertiary alicyclic amines) is 1. The largest absolute Gasteiger partial charge is 0.339 e. The van der Waals surface area contributed by atoms with Gasteiger partial charge in [-0.2, -0.15) is 9.61 Å². The standard InChI is InChI=1S/C17H19N5OS/c1-11-3-5-14(6-4-11)16(23)21-9-7-13(8-10-21)15-20-22-12(2)18-19-17(22)24-15/h3-6,13H,7-10H2,1-2H3. The van der Waals surface area contributed by atoms with Crippen LogP contribution in [0.15, 0.2) is 24.3 Å². The quantitative estimate of drug-likeness (QED) is 0.719. The normalized spacial score (nSPS) is 16.0. The van der Waals surface area contributed by atoms with E-state index in [1.807, 2.05) is 47.5 Å². The Bertz CT molecular complexity index is 874. The minimum absolute atomic E-state index is 0.127. The molecule has 3 heterocycles. The van der Waals surface area contributed by atoms with Gasteiger partial charge >= 0.3 is 0 Å². The highest BCUT2D eigenvalue weighted by molar-refractivity contribution is 7.16. The van der Waals surface area contributed by atoms with Gasteiger partial charge in [-0.15, -0.1) is 10.2 Å². The summed E-state index contributed by atoms with van der Waals surface area (Å²) in [5, 5.41) is 13.9. The fourth-order valence-electron chi connectivity index (χ4n) is 3.10. The van der Waals surface area contributed by atoms with Gasteiger partial charge in [-0.05, 0) is 38.8 Å². The predicted octanol–water partition coefficient (Wildman–Crippen LogP) is 2.82. The monoisotopic (exact) mass is 341 g/mol. The van der Waals surface area contributed by atoms with Gasteiger partial charge < -0.3 is 4.90 Å². The van der Waals surface area contributed by atoms with Crippen LogP contribution in [0.4, 0.5) is 0 Å². The Balaban J connectivity index is 1.44. The Morgan fingerprint density at radius 1 is 1.12 bits per heavy atom. The average Bonchev–Trinajstić information content (AvgIpc) is 3.18. The number of carbonyl (C=O) groups excluding carboxylic acids is 1. The summed E-state index contributed by atoms with van der Waals surface area (Å²) in [4.78, 5) is 15.4. The third kappa shape index (κ3) is 2.69. The fraction of sp³-hybridized carbons (Fsp3) is 0.412. The summed E-state index contributed by atoms with van der Waals surface area (Å²) in [6.07, 6.45) is 1.89. The van der Waals surface area contributed by atoms with Gasteiger partial charge in [0.2, 0.25) is 4.96 Å². The lowest BCUT2D eigenvalue weighted by Crippen LogP contribution is -2.37. The number of hydrogen-bond donors (Lipinski definition) is 0. The van der Waals surface area contributed by atoms with Gasteiger partial charge in [0, 0.05) is 24.6 Å². The lowest BCUT2D eigenvalue weighted by atomic mass is 9.97. The first-order chi connectivity index (χ1) is 11.6. The van der Waals surface area contributed by atoms with Crippen molar-refractivity contribution in [2.45, 2.75) is 32.6 Å². The number of fused-ring (bicyclic) bond motifs is 1. The molecular formula is C17H19N5OS. The summed E-state index contributed by atoms with van der Waals surface area (Å²) >= 11 is 1.61.